The summed E-state index contributed by atoms with van der Waals surface area (Å²) in [4.78, 5) is 2.82. The molecule has 120 valence electrons. The highest BCUT2D eigenvalue weighted by atomic mass is 19.1. The number of hydrogen-bond donors (Lipinski definition) is 5. The van der Waals surface area contributed by atoms with Gasteiger partial charge in [-0.2, -0.15) is 0 Å². The molecule has 0 spiro atoms. The van der Waals surface area contributed by atoms with Crippen LogP contribution in [0.25, 0.3) is 10.9 Å². The topological polar surface area (TPSA) is 115 Å². The summed E-state index contributed by atoms with van der Waals surface area (Å²) in [5.41, 5.74) is 0.500. The zero-order valence-electron chi connectivity index (χ0n) is 11.4. The first kappa shape index (κ1) is 15.2. The first-order valence-corrected chi connectivity index (χ1v) is 6.75. The Morgan fingerprint density at radius 3 is 2.68 bits per heavy atom. The predicted molar refractivity (Wildman–Crippen MR) is 72.7 cm³/mol. The van der Waals surface area contributed by atoms with Gasteiger partial charge in [-0.15, -0.1) is 0 Å². The van der Waals surface area contributed by atoms with Crippen LogP contribution in [0.4, 0.5) is 4.39 Å². The summed E-state index contributed by atoms with van der Waals surface area (Å²) < 4.78 is 23.9. The number of benzene rings is 1. The maximum Gasteiger partial charge on any atom is 0.229 e. The summed E-state index contributed by atoms with van der Waals surface area (Å²) >= 11 is 0. The monoisotopic (exact) mass is 313 g/mol. The molecule has 2 aromatic rings. The fourth-order valence-electron chi connectivity index (χ4n) is 2.46. The maximum absolute atomic E-state index is 13.1. The lowest BCUT2D eigenvalue weighted by Crippen LogP contribution is -2.60. The van der Waals surface area contributed by atoms with Gasteiger partial charge in [-0.3, -0.25) is 0 Å². The highest BCUT2D eigenvalue weighted by molar-refractivity contribution is 5.86. The molecule has 1 fully saturated rings. The van der Waals surface area contributed by atoms with Gasteiger partial charge < -0.3 is 34.9 Å². The third-order valence-electron chi connectivity index (χ3n) is 3.70. The van der Waals surface area contributed by atoms with Crippen molar-refractivity contribution in [2.75, 3.05) is 6.61 Å². The molecule has 5 atom stereocenters. The smallest absolute Gasteiger partial charge is 0.229 e. The van der Waals surface area contributed by atoms with Crippen LogP contribution in [0, 0.1) is 5.82 Å². The SMILES string of the molecule is OC[C@H]1O[C@H](Oc2c[nH]c3cc(F)ccc23)[C@H](O)[C@@H](O)[C@H]1O. The van der Waals surface area contributed by atoms with Gasteiger partial charge in [0.25, 0.3) is 0 Å². The molecule has 0 bridgehead atoms. The van der Waals surface area contributed by atoms with Crippen LogP contribution in [0.15, 0.2) is 24.4 Å². The first-order chi connectivity index (χ1) is 10.5. The third kappa shape index (κ3) is 2.55. The van der Waals surface area contributed by atoms with Gasteiger partial charge in [-0.05, 0) is 18.2 Å². The Morgan fingerprint density at radius 2 is 1.95 bits per heavy atom. The van der Waals surface area contributed by atoms with Crippen molar-refractivity contribution in [2.24, 2.45) is 0 Å². The maximum atomic E-state index is 13.1. The summed E-state index contributed by atoms with van der Waals surface area (Å²) in [7, 11) is 0. The minimum Gasteiger partial charge on any atom is -0.460 e. The number of H-pyrrole nitrogens is 1. The highest BCUT2D eigenvalue weighted by Crippen LogP contribution is 2.30. The number of ether oxygens (including phenoxy) is 2. The first-order valence-electron chi connectivity index (χ1n) is 6.75. The average Bonchev–Trinajstić information content (AvgIpc) is 2.90. The zero-order valence-corrected chi connectivity index (χ0v) is 11.4. The van der Waals surface area contributed by atoms with E-state index in [1.165, 1.54) is 24.4 Å². The van der Waals surface area contributed by atoms with Gasteiger partial charge in [0.1, 0.15) is 36.0 Å². The molecule has 1 aliphatic rings. The Bertz CT molecular complexity index is 660. The van der Waals surface area contributed by atoms with Crippen LogP contribution >= 0.6 is 0 Å². The van der Waals surface area contributed by atoms with E-state index in [9.17, 15) is 19.7 Å². The number of aliphatic hydroxyl groups is 4. The Kier molecular flexibility index (Phi) is 4.02. The van der Waals surface area contributed by atoms with E-state index in [0.29, 0.717) is 16.7 Å². The normalized spacial score (nSPS) is 32.3. The second-order valence-corrected chi connectivity index (χ2v) is 5.16. The van der Waals surface area contributed by atoms with Crippen molar-refractivity contribution in [1.29, 1.82) is 0 Å². The standard InChI is InChI=1S/C14H16FNO6/c15-6-1-2-7-8(3-6)16-4-9(7)21-14-13(20)12(19)11(18)10(5-17)22-14/h1-4,10-14,16-20H,5H2/t10-,11+,12+,13-,14+/m1/s1. The van der Waals surface area contributed by atoms with E-state index >= 15 is 0 Å². The van der Waals surface area contributed by atoms with Gasteiger partial charge in [0.05, 0.1) is 12.1 Å². The van der Waals surface area contributed by atoms with Gasteiger partial charge in [-0.1, -0.05) is 0 Å². The van der Waals surface area contributed by atoms with Crippen molar-refractivity contribution in [3.63, 3.8) is 0 Å². The Balaban J connectivity index is 1.84. The molecule has 0 aliphatic carbocycles. The number of aliphatic hydroxyl groups excluding tert-OH is 4. The Hall–Kier alpha value is -1.71. The van der Waals surface area contributed by atoms with Crippen LogP contribution < -0.4 is 4.74 Å². The lowest BCUT2D eigenvalue weighted by Gasteiger charge is -2.39. The fourth-order valence-corrected chi connectivity index (χ4v) is 2.46. The van der Waals surface area contributed by atoms with Crippen molar-refractivity contribution < 1.29 is 34.3 Å². The van der Waals surface area contributed by atoms with Crippen LogP contribution in [0.2, 0.25) is 0 Å². The van der Waals surface area contributed by atoms with Crippen LogP contribution in [-0.4, -0.2) is 62.7 Å². The van der Waals surface area contributed by atoms with Crippen LogP contribution in [0.5, 0.6) is 5.75 Å². The van der Waals surface area contributed by atoms with E-state index in [1.807, 2.05) is 0 Å². The van der Waals surface area contributed by atoms with E-state index in [1.54, 1.807) is 0 Å². The Morgan fingerprint density at radius 1 is 1.18 bits per heavy atom. The molecule has 1 saturated heterocycles. The number of hydrogen-bond acceptors (Lipinski definition) is 6. The van der Waals surface area contributed by atoms with Crippen molar-refractivity contribution >= 4 is 10.9 Å². The zero-order chi connectivity index (χ0) is 15.9. The molecule has 5 N–H and O–H groups in total. The molecule has 0 amide bonds. The van der Waals surface area contributed by atoms with E-state index in [-0.39, 0.29) is 0 Å². The number of nitrogens with one attached hydrogen (secondary N) is 1. The summed E-state index contributed by atoms with van der Waals surface area (Å²) in [6, 6.07) is 4.05. The van der Waals surface area contributed by atoms with Crippen molar-refractivity contribution in [1.82, 2.24) is 4.98 Å². The molecule has 0 radical (unpaired) electrons. The molecule has 22 heavy (non-hydrogen) atoms. The lowest BCUT2D eigenvalue weighted by molar-refractivity contribution is -0.277. The molecule has 2 heterocycles. The number of aromatic nitrogens is 1. The number of aromatic amines is 1. The summed E-state index contributed by atoms with van der Waals surface area (Å²) in [5, 5.41) is 39.0. The largest absolute Gasteiger partial charge is 0.460 e. The lowest BCUT2D eigenvalue weighted by atomic mass is 9.99. The van der Waals surface area contributed by atoms with Crippen LogP contribution in [0.1, 0.15) is 0 Å². The van der Waals surface area contributed by atoms with Crippen molar-refractivity contribution in [3.8, 4) is 5.75 Å². The van der Waals surface area contributed by atoms with E-state index < -0.39 is 43.1 Å². The molecular weight excluding hydrogens is 297 g/mol. The minimum absolute atomic E-state index is 0.291. The molecule has 7 nitrogen and oxygen atoms in total. The quantitative estimate of drug-likeness (QED) is 0.521. The second kappa shape index (κ2) is 5.82. The van der Waals surface area contributed by atoms with E-state index in [0.717, 1.165) is 0 Å². The fraction of sp³-hybridized carbons (Fsp3) is 0.429. The Labute approximate surface area is 124 Å². The highest BCUT2D eigenvalue weighted by Gasteiger charge is 2.44. The van der Waals surface area contributed by atoms with Crippen molar-refractivity contribution in [3.05, 3.63) is 30.2 Å². The molecular formula is C14H16FNO6. The van der Waals surface area contributed by atoms with Gasteiger partial charge in [0, 0.05) is 11.6 Å². The molecule has 1 aromatic carbocycles. The summed E-state index contributed by atoms with van der Waals surface area (Å²) in [6.45, 7) is -0.538. The molecule has 3 rings (SSSR count). The number of halogens is 1. The number of fused-ring (bicyclic) bond motifs is 1. The average molecular weight is 313 g/mol. The van der Waals surface area contributed by atoms with Gasteiger partial charge in [0.2, 0.25) is 6.29 Å². The molecule has 0 unspecified atom stereocenters. The molecule has 1 aliphatic heterocycles. The van der Waals surface area contributed by atoms with Gasteiger partial charge in [-0.25, -0.2) is 4.39 Å². The van der Waals surface area contributed by atoms with Gasteiger partial charge in [0.15, 0.2) is 0 Å². The van der Waals surface area contributed by atoms with Gasteiger partial charge >= 0.3 is 0 Å². The number of rotatable bonds is 3. The van der Waals surface area contributed by atoms with Crippen molar-refractivity contribution in [2.45, 2.75) is 30.7 Å². The summed E-state index contributed by atoms with van der Waals surface area (Å²) in [5.74, 6) is -0.118. The summed E-state index contributed by atoms with van der Waals surface area (Å²) in [6.07, 6.45) is -5.32. The van der Waals surface area contributed by atoms with Crippen LogP contribution in [-0.2, 0) is 4.74 Å². The van der Waals surface area contributed by atoms with E-state index in [2.05, 4.69) is 4.98 Å². The molecule has 1 aromatic heterocycles. The van der Waals surface area contributed by atoms with E-state index in [4.69, 9.17) is 14.6 Å². The third-order valence-corrected chi connectivity index (χ3v) is 3.70. The molecule has 0 saturated carbocycles. The minimum atomic E-state index is -1.52. The predicted octanol–water partition coefficient (Wildman–Crippen LogP) is -0.514. The molecule has 8 heteroatoms. The second-order valence-electron chi connectivity index (χ2n) is 5.16. The van der Waals surface area contributed by atoms with Crippen LogP contribution in [0.3, 0.4) is 0 Å².